The molecular formula is C56H48Si2. The largest absolute Gasteiger partial charge is 0.113 e. The van der Waals surface area contributed by atoms with Crippen LogP contribution in [-0.4, -0.2) is 16.1 Å². The van der Waals surface area contributed by atoms with Crippen molar-refractivity contribution >= 4 is 47.7 Å². The molecule has 12 rings (SSSR count). The molecule has 0 aromatic heterocycles. The van der Waals surface area contributed by atoms with Crippen molar-refractivity contribution in [3.05, 3.63) is 168 Å². The number of hydrogen-bond donors (Lipinski definition) is 0. The normalized spacial score (nSPS) is 17.2. The first kappa shape index (κ1) is 34.5. The van der Waals surface area contributed by atoms with E-state index in [0.29, 0.717) is 0 Å². The third-order valence-electron chi connectivity index (χ3n) is 15.3. The Kier molecular flexibility index (Phi) is 6.62. The number of rotatable bonds is 2. The Morgan fingerprint density at radius 2 is 0.655 bits per heavy atom. The van der Waals surface area contributed by atoms with Crippen LogP contribution < -0.4 is 20.7 Å². The Morgan fingerprint density at radius 3 is 1.07 bits per heavy atom. The van der Waals surface area contributed by atoms with E-state index in [-0.39, 0.29) is 10.8 Å². The van der Waals surface area contributed by atoms with E-state index in [1.54, 1.807) is 20.7 Å². The van der Waals surface area contributed by atoms with Crippen molar-refractivity contribution in [3.63, 3.8) is 0 Å². The molecule has 2 aliphatic heterocycles. The van der Waals surface area contributed by atoms with Gasteiger partial charge in [0.2, 0.25) is 0 Å². The molecule has 0 amide bonds. The van der Waals surface area contributed by atoms with E-state index < -0.39 is 16.1 Å². The summed E-state index contributed by atoms with van der Waals surface area (Å²) in [6.07, 6.45) is 0. The molecule has 0 bridgehead atoms. The summed E-state index contributed by atoms with van der Waals surface area (Å²) in [5, 5.41) is 9.12. The van der Waals surface area contributed by atoms with Crippen LogP contribution in [0.1, 0.15) is 49.9 Å². The molecule has 0 N–H and O–H groups in total. The molecule has 280 valence electrons. The van der Waals surface area contributed by atoms with E-state index in [2.05, 4.69) is 199 Å². The molecule has 0 saturated heterocycles. The van der Waals surface area contributed by atoms with Crippen molar-refractivity contribution in [3.8, 4) is 66.8 Å². The average molecular weight is 777 g/mol. The van der Waals surface area contributed by atoms with Crippen LogP contribution in [0.15, 0.2) is 146 Å². The second-order valence-corrected chi connectivity index (χ2v) is 28.4. The van der Waals surface area contributed by atoms with Crippen LogP contribution in [0.3, 0.4) is 0 Å². The Hall–Kier alpha value is -5.55. The highest BCUT2D eigenvalue weighted by molar-refractivity contribution is 7.05. The quantitative estimate of drug-likeness (QED) is 0.153. The fourth-order valence-electron chi connectivity index (χ4n) is 12.0. The van der Waals surface area contributed by atoms with Crippen LogP contribution in [-0.2, 0) is 10.8 Å². The smallest absolute Gasteiger partial charge is 0.0619 e. The maximum Gasteiger partial charge on any atom is 0.113 e. The number of fused-ring (bicyclic) bond motifs is 15. The van der Waals surface area contributed by atoms with Crippen molar-refractivity contribution in [1.29, 1.82) is 0 Å². The zero-order chi connectivity index (χ0) is 39.7. The first-order chi connectivity index (χ1) is 27.8. The Morgan fingerprint density at radius 1 is 0.310 bits per heavy atom. The topological polar surface area (TPSA) is 0 Å². The van der Waals surface area contributed by atoms with Crippen LogP contribution in [0.5, 0.6) is 0 Å². The van der Waals surface area contributed by atoms with Gasteiger partial charge in [0.15, 0.2) is 0 Å². The minimum Gasteiger partial charge on any atom is -0.0619 e. The Balaban J connectivity index is 0.958. The van der Waals surface area contributed by atoms with Crippen LogP contribution in [0.2, 0.25) is 26.2 Å². The van der Waals surface area contributed by atoms with Gasteiger partial charge < -0.3 is 0 Å². The van der Waals surface area contributed by atoms with E-state index in [4.69, 9.17) is 0 Å². The van der Waals surface area contributed by atoms with Crippen LogP contribution in [0.25, 0.3) is 77.5 Å². The van der Waals surface area contributed by atoms with Gasteiger partial charge in [-0.25, -0.2) is 0 Å². The second kappa shape index (κ2) is 11.1. The second-order valence-electron chi connectivity index (χ2n) is 19.7. The van der Waals surface area contributed by atoms with E-state index in [9.17, 15) is 0 Å². The van der Waals surface area contributed by atoms with Crippen molar-refractivity contribution in [1.82, 2.24) is 0 Å². The molecular weight excluding hydrogens is 729 g/mol. The fourth-order valence-corrected chi connectivity index (χ4v) is 18.2. The molecule has 0 nitrogen and oxygen atoms in total. The van der Waals surface area contributed by atoms with Crippen molar-refractivity contribution in [2.75, 3.05) is 0 Å². The molecule has 2 aliphatic carbocycles. The summed E-state index contributed by atoms with van der Waals surface area (Å²) in [4.78, 5) is 0. The standard InChI is InChI=1S/C56H48Si2/c1-55(2)45-15-11-9-13-37(45)39-21-17-33(29-47(39)55)35-19-23-43-51(31-35)57(5,6)49-27-25-42-41(53(43)49)26-28-50-54(42)44-24-20-36(32-52(44)58(50,7)8)34-18-22-40-38-14-10-12-16-46(38)56(3,4)48(40)30-34/h9-32H,1-8H3. The maximum absolute atomic E-state index is 2.56. The van der Waals surface area contributed by atoms with Gasteiger partial charge in [0.1, 0.15) is 16.1 Å². The summed E-state index contributed by atoms with van der Waals surface area (Å²) in [5.74, 6) is 0. The highest BCUT2D eigenvalue weighted by Gasteiger charge is 2.43. The molecule has 2 heteroatoms. The first-order valence-electron chi connectivity index (χ1n) is 21.2. The van der Waals surface area contributed by atoms with Gasteiger partial charge in [-0.2, -0.15) is 0 Å². The van der Waals surface area contributed by atoms with Gasteiger partial charge in [-0.1, -0.05) is 187 Å². The molecule has 0 radical (unpaired) electrons. The lowest BCUT2D eigenvalue weighted by molar-refractivity contribution is 0.660. The summed E-state index contributed by atoms with van der Waals surface area (Å²) in [5.41, 5.74) is 22.4. The highest BCUT2D eigenvalue weighted by Crippen LogP contribution is 2.51. The number of hydrogen-bond acceptors (Lipinski definition) is 0. The predicted octanol–water partition coefficient (Wildman–Crippen LogP) is 12.4. The summed E-state index contributed by atoms with van der Waals surface area (Å²) in [7, 11) is -3.93. The summed E-state index contributed by atoms with van der Waals surface area (Å²) < 4.78 is 0. The van der Waals surface area contributed by atoms with E-state index in [0.717, 1.165) is 0 Å². The summed E-state index contributed by atoms with van der Waals surface area (Å²) in [6, 6.07) is 57.2. The Labute approximate surface area is 345 Å². The minimum atomic E-state index is -1.96. The van der Waals surface area contributed by atoms with E-state index in [1.165, 1.54) is 99.8 Å². The van der Waals surface area contributed by atoms with Gasteiger partial charge >= 0.3 is 0 Å². The lowest BCUT2D eigenvalue weighted by Crippen LogP contribution is -2.49. The SMILES string of the molecule is CC1(C)c2ccccc2-c2ccc(-c3ccc4c(c3)[Si](C)(C)c3ccc5c6c(ccc5c3-4)[Si](C)(C)c3cc(-c4ccc5c(c4)C(C)(C)c4ccccc4-5)ccc3-6)cc21. The predicted molar refractivity (Wildman–Crippen MR) is 254 cm³/mol. The van der Waals surface area contributed by atoms with Gasteiger partial charge in [-0.3, -0.25) is 0 Å². The van der Waals surface area contributed by atoms with Crippen LogP contribution in [0.4, 0.5) is 0 Å². The monoisotopic (exact) mass is 776 g/mol. The third-order valence-corrected chi connectivity index (χ3v) is 22.4. The molecule has 4 aliphatic rings. The highest BCUT2D eigenvalue weighted by atomic mass is 28.3. The van der Waals surface area contributed by atoms with Gasteiger partial charge in [0.25, 0.3) is 0 Å². The summed E-state index contributed by atoms with van der Waals surface area (Å²) >= 11 is 0. The van der Waals surface area contributed by atoms with Gasteiger partial charge in [-0.05, 0) is 133 Å². The van der Waals surface area contributed by atoms with Gasteiger partial charge in [0.05, 0.1) is 0 Å². The first-order valence-corrected chi connectivity index (χ1v) is 27.2. The molecule has 8 aromatic carbocycles. The molecule has 0 fully saturated rings. The molecule has 0 atom stereocenters. The average Bonchev–Trinajstić information content (AvgIpc) is 3.80. The lowest BCUT2D eigenvalue weighted by atomic mass is 9.81. The van der Waals surface area contributed by atoms with Crippen LogP contribution >= 0.6 is 0 Å². The molecule has 0 spiro atoms. The zero-order valence-corrected chi connectivity index (χ0v) is 36.9. The minimum absolute atomic E-state index is 0.00823. The molecule has 2 heterocycles. The molecule has 0 unspecified atom stereocenters. The lowest BCUT2D eigenvalue weighted by Gasteiger charge is -2.22. The van der Waals surface area contributed by atoms with Crippen molar-refractivity contribution in [2.24, 2.45) is 0 Å². The molecule has 0 saturated carbocycles. The Bertz CT molecular complexity index is 2960. The van der Waals surface area contributed by atoms with Gasteiger partial charge in [0, 0.05) is 10.8 Å². The fraction of sp³-hybridized carbons (Fsp3) is 0.179. The van der Waals surface area contributed by atoms with Crippen molar-refractivity contribution < 1.29 is 0 Å². The molecule has 8 aromatic rings. The molecule has 58 heavy (non-hydrogen) atoms. The van der Waals surface area contributed by atoms with Crippen molar-refractivity contribution in [2.45, 2.75) is 64.7 Å². The van der Waals surface area contributed by atoms with Crippen LogP contribution in [0, 0.1) is 0 Å². The van der Waals surface area contributed by atoms with Gasteiger partial charge in [-0.15, -0.1) is 0 Å². The number of benzene rings is 8. The summed E-state index contributed by atoms with van der Waals surface area (Å²) in [6.45, 7) is 19.8. The van der Waals surface area contributed by atoms with E-state index >= 15 is 0 Å². The zero-order valence-electron chi connectivity index (χ0n) is 34.9. The van der Waals surface area contributed by atoms with E-state index in [1.807, 2.05) is 0 Å². The maximum atomic E-state index is 2.56. The third kappa shape index (κ3) is 4.25.